The van der Waals surface area contributed by atoms with E-state index in [-0.39, 0.29) is 0 Å². The molecule has 0 radical (unpaired) electrons. The van der Waals surface area contributed by atoms with Crippen molar-refractivity contribution in [2.24, 2.45) is 0 Å². The molecule has 1 N–H and O–H groups in total. The summed E-state index contributed by atoms with van der Waals surface area (Å²) in [7, 11) is 1.60. The number of methoxy groups -OCH3 is 1. The molecule has 0 aliphatic heterocycles. The first-order valence-electron chi connectivity index (χ1n) is 10.0. The Morgan fingerprint density at radius 3 is 2.63 bits per heavy atom. The van der Waals surface area contributed by atoms with Crippen LogP contribution in [-0.4, -0.2) is 33.8 Å². The Morgan fingerprint density at radius 2 is 1.93 bits per heavy atom. The van der Waals surface area contributed by atoms with E-state index < -0.39 is 11.7 Å². The minimum absolute atomic E-state index is 0.291. The Morgan fingerprint density at radius 1 is 1.13 bits per heavy atom. The number of ether oxygens (including phenoxy) is 2. The predicted molar refractivity (Wildman–Crippen MR) is 115 cm³/mol. The lowest BCUT2D eigenvalue weighted by atomic mass is 10.1. The highest BCUT2D eigenvalue weighted by atomic mass is 16.6. The molecule has 0 unspecified atom stereocenters. The monoisotopic (exact) mass is 406 g/mol. The molecule has 7 heteroatoms. The highest BCUT2D eigenvalue weighted by Gasteiger charge is 2.42. The summed E-state index contributed by atoms with van der Waals surface area (Å²) in [6.45, 7) is 7.45. The predicted octanol–water partition coefficient (Wildman–Crippen LogP) is 4.96. The summed E-state index contributed by atoms with van der Waals surface area (Å²) in [5, 5.41) is 3.66. The van der Waals surface area contributed by atoms with Gasteiger partial charge in [0.15, 0.2) is 0 Å². The number of anilines is 1. The largest absolute Gasteiger partial charge is 0.496 e. The van der Waals surface area contributed by atoms with Gasteiger partial charge in [0.2, 0.25) is 0 Å². The fraction of sp³-hybridized carbons (Fsp3) is 0.391. The number of pyridine rings is 1. The van der Waals surface area contributed by atoms with Gasteiger partial charge in [0.05, 0.1) is 12.6 Å². The lowest BCUT2D eigenvalue weighted by Crippen LogP contribution is -2.27. The second kappa shape index (κ2) is 7.55. The molecule has 1 fully saturated rings. The van der Waals surface area contributed by atoms with E-state index in [1.54, 1.807) is 19.4 Å². The van der Waals surface area contributed by atoms with Crippen LogP contribution in [0.5, 0.6) is 5.75 Å². The standard InChI is InChI=1S/C23H26N4O3/c1-13-8-9-24-21(25-13)17-12-16(17)18-7-6-15-19(27-18)10-14(11-20(15)29-5)26-22(28)30-23(2,3)4/h6-11,16-17H,12H2,1-5H3,(H,26,28)/t16-,17-/m0/s1. The normalized spacial score (nSPS) is 18.2. The van der Waals surface area contributed by atoms with Crippen LogP contribution >= 0.6 is 0 Å². The number of nitrogens with zero attached hydrogens (tertiary/aromatic N) is 3. The molecule has 1 aliphatic carbocycles. The summed E-state index contributed by atoms with van der Waals surface area (Å²) in [5.74, 6) is 2.11. The molecule has 1 saturated carbocycles. The summed E-state index contributed by atoms with van der Waals surface area (Å²) in [4.78, 5) is 26.0. The maximum Gasteiger partial charge on any atom is 0.412 e. The molecule has 1 aliphatic rings. The minimum atomic E-state index is -0.574. The van der Waals surface area contributed by atoms with Crippen LogP contribution in [0.3, 0.4) is 0 Å². The maximum absolute atomic E-state index is 12.2. The molecule has 3 aromatic rings. The molecule has 156 valence electrons. The van der Waals surface area contributed by atoms with E-state index in [0.717, 1.165) is 34.5 Å². The zero-order valence-corrected chi connectivity index (χ0v) is 17.9. The van der Waals surface area contributed by atoms with E-state index in [4.69, 9.17) is 14.5 Å². The maximum atomic E-state index is 12.2. The second-order valence-electron chi connectivity index (χ2n) is 8.61. The van der Waals surface area contributed by atoms with Crippen molar-refractivity contribution >= 4 is 22.7 Å². The number of amides is 1. The van der Waals surface area contributed by atoms with Crippen LogP contribution in [0.2, 0.25) is 0 Å². The third-order valence-corrected chi connectivity index (χ3v) is 4.97. The van der Waals surface area contributed by atoms with Crippen LogP contribution < -0.4 is 10.1 Å². The number of hydrogen-bond donors (Lipinski definition) is 1. The van der Waals surface area contributed by atoms with Crippen molar-refractivity contribution in [3.05, 3.63) is 53.7 Å². The number of carbonyl (C=O) groups excluding carboxylic acids is 1. The van der Waals surface area contributed by atoms with E-state index in [2.05, 4.69) is 15.3 Å². The number of nitrogens with one attached hydrogen (secondary N) is 1. The highest BCUT2D eigenvalue weighted by Crippen LogP contribution is 2.53. The van der Waals surface area contributed by atoms with Crippen molar-refractivity contribution in [2.45, 2.75) is 51.6 Å². The number of aromatic nitrogens is 3. The number of hydrogen-bond acceptors (Lipinski definition) is 6. The van der Waals surface area contributed by atoms with Crippen molar-refractivity contribution in [3.8, 4) is 5.75 Å². The number of fused-ring (bicyclic) bond motifs is 1. The average molecular weight is 406 g/mol. The molecule has 2 atom stereocenters. The molecule has 4 rings (SSSR count). The summed E-state index contributed by atoms with van der Waals surface area (Å²) >= 11 is 0. The Hall–Kier alpha value is -3.22. The SMILES string of the molecule is COc1cc(NC(=O)OC(C)(C)C)cc2nc([C@H]3C[C@@H]3c3nccc(C)n3)ccc12. The van der Waals surface area contributed by atoms with Crippen molar-refractivity contribution in [1.82, 2.24) is 15.0 Å². The molecule has 0 saturated heterocycles. The third-order valence-electron chi connectivity index (χ3n) is 4.97. The molecule has 2 aromatic heterocycles. The fourth-order valence-corrected chi connectivity index (χ4v) is 3.54. The van der Waals surface area contributed by atoms with Gasteiger partial charge in [0.1, 0.15) is 17.2 Å². The van der Waals surface area contributed by atoms with Crippen LogP contribution in [0.25, 0.3) is 10.9 Å². The van der Waals surface area contributed by atoms with Crippen LogP contribution in [0.15, 0.2) is 36.5 Å². The zero-order valence-electron chi connectivity index (χ0n) is 17.9. The zero-order chi connectivity index (χ0) is 21.5. The van der Waals surface area contributed by atoms with Crippen LogP contribution in [0.4, 0.5) is 10.5 Å². The molecule has 2 heterocycles. The van der Waals surface area contributed by atoms with E-state index in [1.165, 1.54) is 0 Å². The summed E-state index contributed by atoms with van der Waals surface area (Å²) in [6.07, 6.45) is 2.27. The van der Waals surface area contributed by atoms with Crippen molar-refractivity contribution in [3.63, 3.8) is 0 Å². The van der Waals surface area contributed by atoms with Gasteiger partial charge >= 0.3 is 6.09 Å². The Kier molecular flexibility index (Phi) is 5.05. The van der Waals surface area contributed by atoms with Gasteiger partial charge in [0, 0.05) is 46.6 Å². The number of carbonyl (C=O) groups is 1. The lowest BCUT2D eigenvalue weighted by molar-refractivity contribution is 0.0636. The number of benzene rings is 1. The average Bonchev–Trinajstić information content (AvgIpc) is 3.46. The fourth-order valence-electron chi connectivity index (χ4n) is 3.54. The molecule has 1 amide bonds. The molecular formula is C23H26N4O3. The molecule has 0 bridgehead atoms. The van der Waals surface area contributed by atoms with Gasteiger partial charge in [-0.25, -0.2) is 14.8 Å². The summed E-state index contributed by atoms with van der Waals surface area (Å²) in [6, 6.07) is 9.56. The Balaban J connectivity index is 1.61. The van der Waals surface area contributed by atoms with E-state index in [9.17, 15) is 4.79 Å². The number of rotatable bonds is 4. The highest BCUT2D eigenvalue weighted by molar-refractivity contribution is 5.93. The number of aryl methyl sites for hydroxylation is 1. The molecule has 30 heavy (non-hydrogen) atoms. The Bertz CT molecular complexity index is 1110. The minimum Gasteiger partial charge on any atom is -0.496 e. The lowest BCUT2D eigenvalue weighted by Gasteiger charge is -2.20. The van der Waals surface area contributed by atoms with Crippen LogP contribution in [0, 0.1) is 6.92 Å². The van der Waals surface area contributed by atoms with Gasteiger partial charge in [-0.1, -0.05) is 0 Å². The third kappa shape index (κ3) is 4.35. The van der Waals surface area contributed by atoms with E-state index >= 15 is 0 Å². The molecular weight excluding hydrogens is 380 g/mol. The first-order valence-corrected chi connectivity index (χ1v) is 10.0. The van der Waals surface area contributed by atoms with Crippen molar-refractivity contribution in [1.29, 1.82) is 0 Å². The first kappa shape index (κ1) is 20.1. The van der Waals surface area contributed by atoms with Gasteiger partial charge in [-0.3, -0.25) is 10.3 Å². The van der Waals surface area contributed by atoms with Gasteiger partial charge in [0.25, 0.3) is 0 Å². The van der Waals surface area contributed by atoms with E-state index in [1.807, 2.05) is 52.0 Å². The van der Waals surface area contributed by atoms with Crippen molar-refractivity contribution in [2.75, 3.05) is 12.4 Å². The molecule has 0 spiro atoms. The van der Waals surface area contributed by atoms with Gasteiger partial charge in [-0.15, -0.1) is 0 Å². The van der Waals surface area contributed by atoms with Crippen molar-refractivity contribution < 1.29 is 14.3 Å². The summed E-state index contributed by atoms with van der Waals surface area (Å²) < 4.78 is 10.9. The Labute approximate surface area is 175 Å². The second-order valence-corrected chi connectivity index (χ2v) is 8.61. The van der Waals surface area contributed by atoms with Gasteiger partial charge < -0.3 is 9.47 Å². The van der Waals surface area contributed by atoms with Crippen LogP contribution in [0.1, 0.15) is 56.2 Å². The van der Waals surface area contributed by atoms with E-state index in [0.29, 0.717) is 23.3 Å². The topological polar surface area (TPSA) is 86.2 Å². The molecule has 1 aromatic carbocycles. The summed E-state index contributed by atoms with van der Waals surface area (Å²) in [5.41, 5.74) is 2.73. The smallest absolute Gasteiger partial charge is 0.412 e. The van der Waals surface area contributed by atoms with Gasteiger partial charge in [-0.05, 0) is 58.4 Å². The molecule has 7 nitrogen and oxygen atoms in total. The van der Waals surface area contributed by atoms with Gasteiger partial charge in [-0.2, -0.15) is 0 Å². The quantitative estimate of drug-likeness (QED) is 0.659. The first-order chi connectivity index (χ1) is 14.2. The van der Waals surface area contributed by atoms with Crippen LogP contribution in [-0.2, 0) is 4.74 Å².